The standard InChI is InChI=1S/C12H17NO2S/c1-9-4-5-11(10(2)13-14)12(8-9)15-6-7-16-3/h4-5,8,14H,6-7H2,1-3H3/b13-10+. The number of hydrogen-bond donors (Lipinski definition) is 1. The number of hydrogen-bond acceptors (Lipinski definition) is 4. The number of ether oxygens (including phenoxy) is 1. The van der Waals surface area contributed by atoms with E-state index in [1.807, 2.05) is 31.4 Å². The van der Waals surface area contributed by atoms with Crippen LogP contribution in [0.15, 0.2) is 23.4 Å². The fourth-order valence-electron chi connectivity index (χ4n) is 1.34. The lowest BCUT2D eigenvalue weighted by Crippen LogP contribution is -2.05. The van der Waals surface area contributed by atoms with E-state index >= 15 is 0 Å². The third kappa shape index (κ3) is 3.45. The first-order valence-corrected chi connectivity index (χ1v) is 6.50. The summed E-state index contributed by atoms with van der Waals surface area (Å²) in [7, 11) is 0. The molecule has 0 aliphatic heterocycles. The highest BCUT2D eigenvalue weighted by Gasteiger charge is 2.07. The summed E-state index contributed by atoms with van der Waals surface area (Å²) in [6.07, 6.45) is 2.04. The molecule has 0 heterocycles. The third-order valence-corrected chi connectivity index (χ3v) is 2.80. The first kappa shape index (κ1) is 12.9. The molecule has 0 spiro atoms. The molecule has 1 aromatic carbocycles. The van der Waals surface area contributed by atoms with E-state index in [2.05, 4.69) is 5.16 Å². The molecule has 0 unspecified atom stereocenters. The minimum absolute atomic E-state index is 0.569. The van der Waals surface area contributed by atoms with E-state index in [1.54, 1.807) is 18.7 Å². The Morgan fingerprint density at radius 3 is 2.88 bits per heavy atom. The molecule has 0 aliphatic rings. The van der Waals surface area contributed by atoms with Crippen LogP contribution in [0.2, 0.25) is 0 Å². The molecule has 3 nitrogen and oxygen atoms in total. The van der Waals surface area contributed by atoms with Crippen molar-refractivity contribution in [1.82, 2.24) is 0 Å². The van der Waals surface area contributed by atoms with Crippen LogP contribution in [0.1, 0.15) is 18.1 Å². The van der Waals surface area contributed by atoms with E-state index < -0.39 is 0 Å². The molecule has 88 valence electrons. The summed E-state index contributed by atoms with van der Waals surface area (Å²) in [5, 5.41) is 12.0. The van der Waals surface area contributed by atoms with Gasteiger partial charge in [0.2, 0.25) is 0 Å². The van der Waals surface area contributed by atoms with E-state index in [0.29, 0.717) is 12.3 Å². The normalized spacial score (nSPS) is 11.6. The van der Waals surface area contributed by atoms with E-state index in [9.17, 15) is 0 Å². The Bertz CT molecular complexity index is 377. The molecule has 16 heavy (non-hydrogen) atoms. The van der Waals surface area contributed by atoms with Gasteiger partial charge >= 0.3 is 0 Å². The Hall–Kier alpha value is -1.16. The van der Waals surface area contributed by atoms with Crippen molar-refractivity contribution in [1.29, 1.82) is 0 Å². The van der Waals surface area contributed by atoms with Gasteiger partial charge in [-0.2, -0.15) is 11.8 Å². The van der Waals surface area contributed by atoms with Crippen molar-refractivity contribution in [3.05, 3.63) is 29.3 Å². The predicted octanol–water partition coefficient (Wildman–Crippen LogP) is 2.94. The summed E-state index contributed by atoms with van der Waals surface area (Å²) in [5.74, 6) is 1.73. The van der Waals surface area contributed by atoms with Gasteiger partial charge in [0, 0.05) is 11.3 Å². The Morgan fingerprint density at radius 1 is 1.50 bits per heavy atom. The van der Waals surface area contributed by atoms with Crippen LogP contribution in [-0.4, -0.2) is 29.5 Å². The molecule has 0 saturated heterocycles. The van der Waals surface area contributed by atoms with Crippen LogP contribution in [0.25, 0.3) is 0 Å². The molecule has 0 saturated carbocycles. The monoisotopic (exact) mass is 239 g/mol. The molecule has 0 aliphatic carbocycles. The zero-order valence-electron chi connectivity index (χ0n) is 9.86. The molecule has 1 aromatic rings. The van der Waals surface area contributed by atoms with Gasteiger partial charge in [-0.15, -0.1) is 0 Å². The van der Waals surface area contributed by atoms with Gasteiger partial charge < -0.3 is 9.94 Å². The molecule has 1 N–H and O–H groups in total. The lowest BCUT2D eigenvalue weighted by Gasteiger charge is -2.11. The van der Waals surface area contributed by atoms with Gasteiger partial charge in [0.25, 0.3) is 0 Å². The molecule has 4 heteroatoms. The van der Waals surface area contributed by atoms with Crippen molar-refractivity contribution >= 4 is 17.5 Å². The smallest absolute Gasteiger partial charge is 0.128 e. The second kappa shape index (κ2) is 6.43. The Morgan fingerprint density at radius 2 is 2.25 bits per heavy atom. The highest BCUT2D eigenvalue weighted by Crippen LogP contribution is 2.21. The SMILES string of the molecule is CSCCOc1cc(C)ccc1/C(C)=N/O. The Balaban J connectivity index is 2.90. The fourth-order valence-corrected chi connectivity index (χ4v) is 1.59. The second-order valence-corrected chi connectivity index (χ2v) is 4.51. The van der Waals surface area contributed by atoms with Crippen LogP contribution >= 0.6 is 11.8 Å². The van der Waals surface area contributed by atoms with Crippen molar-refractivity contribution in [3.8, 4) is 5.75 Å². The number of benzene rings is 1. The molecule has 0 atom stereocenters. The molecule has 0 bridgehead atoms. The molecule has 1 rings (SSSR count). The van der Waals surface area contributed by atoms with Crippen molar-refractivity contribution in [3.63, 3.8) is 0 Å². The van der Waals surface area contributed by atoms with E-state index in [-0.39, 0.29) is 0 Å². The number of nitrogens with zero attached hydrogens (tertiary/aromatic N) is 1. The fraction of sp³-hybridized carbons (Fsp3) is 0.417. The van der Waals surface area contributed by atoms with E-state index in [0.717, 1.165) is 22.6 Å². The average molecular weight is 239 g/mol. The van der Waals surface area contributed by atoms with Gasteiger partial charge in [0.15, 0.2) is 0 Å². The van der Waals surface area contributed by atoms with Crippen LogP contribution in [0.5, 0.6) is 5.75 Å². The van der Waals surface area contributed by atoms with E-state index in [1.165, 1.54) is 0 Å². The van der Waals surface area contributed by atoms with Crippen molar-refractivity contribution in [2.45, 2.75) is 13.8 Å². The third-order valence-electron chi connectivity index (χ3n) is 2.22. The first-order valence-electron chi connectivity index (χ1n) is 5.10. The number of thioether (sulfide) groups is 1. The number of rotatable bonds is 5. The number of aryl methyl sites for hydroxylation is 1. The zero-order valence-corrected chi connectivity index (χ0v) is 10.7. The minimum Gasteiger partial charge on any atom is -0.492 e. The maximum Gasteiger partial charge on any atom is 0.128 e. The average Bonchev–Trinajstić information content (AvgIpc) is 2.29. The topological polar surface area (TPSA) is 41.8 Å². The molecular formula is C12H17NO2S. The van der Waals surface area contributed by atoms with Crippen LogP contribution in [0.3, 0.4) is 0 Å². The Labute approximate surface area is 101 Å². The van der Waals surface area contributed by atoms with Crippen molar-refractivity contribution in [2.24, 2.45) is 5.16 Å². The van der Waals surface area contributed by atoms with Crippen LogP contribution in [-0.2, 0) is 0 Å². The van der Waals surface area contributed by atoms with Gasteiger partial charge in [0.05, 0.1) is 12.3 Å². The van der Waals surface area contributed by atoms with Gasteiger partial charge in [0.1, 0.15) is 5.75 Å². The molecular weight excluding hydrogens is 222 g/mol. The van der Waals surface area contributed by atoms with Crippen LogP contribution < -0.4 is 4.74 Å². The summed E-state index contributed by atoms with van der Waals surface area (Å²) in [6.45, 7) is 4.43. The molecule has 0 amide bonds. The lowest BCUT2D eigenvalue weighted by atomic mass is 10.1. The van der Waals surface area contributed by atoms with Gasteiger partial charge in [-0.1, -0.05) is 11.2 Å². The Kier molecular flexibility index (Phi) is 5.19. The van der Waals surface area contributed by atoms with Crippen LogP contribution in [0, 0.1) is 6.92 Å². The minimum atomic E-state index is 0.569. The van der Waals surface area contributed by atoms with Crippen molar-refractivity contribution in [2.75, 3.05) is 18.6 Å². The summed E-state index contributed by atoms with van der Waals surface area (Å²) >= 11 is 1.74. The second-order valence-electron chi connectivity index (χ2n) is 3.53. The van der Waals surface area contributed by atoms with E-state index in [4.69, 9.17) is 9.94 Å². The highest BCUT2D eigenvalue weighted by molar-refractivity contribution is 7.98. The quantitative estimate of drug-likeness (QED) is 0.372. The highest BCUT2D eigenvalue weighted by atomic mass is 32.2. The number of oxime groups is 1. The lowest BCUT2D eigenvalue weighted by molar-refractivity contribution is 0.317. The summed E-state index contributed by atoms with van der Waals surface area (Å²) in [5.41, 5.74) is 2.54. The summed E-state index contributed by atoms with van der Waals surface area (Å²) in [4.78, 5) is 0. The van der Waals surface area contributed by atoms with Gasteiger partial charge in [-0.05, 0) is 37.8 Å². The first-order chi connectivity index (χ1) is 7.69. The maximum atomic E-state index is 8.78. The van der Waals surface area contributed by atoms with Crippen LogP contribution in [0.4, 0.5) is 0 Å². The van der Waals surface area contributed by atoms with Gasteiger partial charge in [-0.3, -0.25) is 0 Å². The maximum absolute atomic E-state index is 8.78. The molecule has 0 aromatic heterocycles. The summed E-state index contributed by atoms with van der Waals surface area (Å²) < 4.78 is 5.67. The predicted molar refractivity (Wildman–Crippen MR) is 69.1 cm³/mol. The molecule has 0 radical (unpaired) electrons. The van der Waals surface area contributed by atoms with Crippen molar-refractivity contribution < 1.29 is 9.94 Å². The largest absolute Gasteiger partial charge is 0.492 e. The van der Waals surface area contributed by atoms with Gasteiger partial charge in [-0.25, -0.2) is 0 Å². The molecule has 0 fully saturated rings. The summed E-state index contributed by atoms with van der Waals surface area (Å²) in [6, 6.07) is 5.86. The zero-order chi connectivity index (χ0) is 12.0.